The van der Waals surface area contributed by atoms with Gasteiger partial charge in [-0.25, -0.2) is 4.39 Å². The number of fused-ring (bicyclic) bond motifs is 2. The van der Waals surface area contributed by atoms with Crippen LogP contribution in [0.15, 0.2) is 58.6 Å². The number of rotatable bonds is 4. The Morgan fingerprint density at radius 1 is 1.16 bits per heavy atom. The predicted molar refractivity (Wildman–Crippen MR) is 116 cm³/mol. The first-order chi connectivity index (χ1) is 15.4. The summed E-state index contributed by atoms with van der Waals surface area (Å²) in [5.41, 5.74) is 1.12. The van der Waals surface area contributed by atoms with Crippen LogP contribution >= 0.6 is 23.1 Å². The molecular formula is C21H15FN4O4S2. The molecule has 0 unspecified atom stereocenters. The Kier molecular flexibility index (Phi) is 5.14. The molecule has 1 aromatic carbocycles. The number of aromatic nitrogens is 2. The maximum atomic E-state index is 13.1. The van der Waals surface area contributed by atoms with Gasteiger partial charge in [-0.3, -0.25) is 34.0 Å². The smallest absolute Gasteiger partial charge is 0.308 e. The van der Waals surface area contributed by atoms with Crippen molar-refractivity contribution in [2.75, 3.05) is 5.32 Å². The standard InChI is InChI=1S/C21H15FN4O4S2/c22-11-3-5-12(6-4-11)24-13(27)9-26-20-17(32-21(26)30)14(10-2-1-7-23-8-10)15-16(31-20)19(29)25-18(15)28/h1-8,14-16H,9H2,(H,24,27)(H,25,28,29)/t14-,15+,16-/m0/s1. The zero-order valence-corrected chi connectivity index (χ0v) is 17.9. The van der Waals surface area contributed by atoms with Gasteiger partial charge in [0.2, 0.25) is 17.7 Å². The number of thioether (sulfide) groups is 1. The van der Waals surface area contributed by atoms with Crippen LogP contribution in [0.2, 0.25) is 0 Å². The summed E-state index contributed by atoms with van der Waals surface area (Å²) in [5, 5.41) is 4.80. The molecule has 2 N–H and O–H groups in total. The average molecular weight is 471 g/mol. The number of amides is 3. The molecule has 3 atom stereocenters. The van der Waals surface area contributed by atoms with Crippen molar-refractivity contribution < 1.29 is 18.8 Å². The number of hydrogen-bond donors (Lipinski definition) is 2. The number of anilines is 1. The highest BCUT2D eigenvalue weighted by molar-refractivity contribution is 8.00. The number of nitrogens with one attached hydrogen (secondary N) is 2. The molecular weight excluding hydrogens is 455 g/mol. The Balaban J connectivity index is 1.52. The van der Waals surface area contributed by atoms with Crippen LogP contribution in [0.25, 0.3) is 0 Å². The maximum absolute atomic E-state index is 13.1. The fourth-order valence-corrected chi connectivity index (χ4v) is 6.71. The molecule has 2 aromatic heterocycles. The van der Waals surface area contributed by atoms with Gasteiger partial charge in [0.15, 0.2) is 0 Å². The third-order valence-electron chi connectivity index (χ3n) is 5.36. The monoisotopic (exact) mass is 470 g/mol. The quantitative estimate of drug-likeness (QED) is 0.564. The van der Waals surface area contributed by atoms with Crippen LogP contribution in [0.5, 0.6) is 0 Å². The lowest BCUT2D eigenvalue weighted by molar-refractivity contribution is -0.126. The Labute approximate surface area is 188 Å². The Bertz CT molecular complexity index is 1290. The van der Waals surface area contributed by atoms with Crippen LogP contribution in [0.3, 0.4) is 0 Å². The first kappa shape index (κ1) is 20.6. The summed E-state index contributed by atoms with van der Waals surface area (Å²) >= 11 is 2.09. The van der Waals surface area contributed by atoms with Crippen molar-refractivity contribution in [3.05, 3.63) is 74.7 Å². The minimum atomic E-state index is -0.708. The van der Waals surface area contributed by atoms with Gasteiger partial charge in [-0.15, -0.1) is 0 Å². The second-order valence-corrected chi connectivity index (χ2v) is 9.48. The van der Waals surface area contributed by atoms with E-state index in [1.807, 2.05) is 0 Å². The number of pyridine rings is 1. The van der Waals surface area contributed by atoms with Gasteiger partial charge < -0.3 is 5.32 Å². The molecule has 162 valence electrons. The molecule has 3 amide bonds. The van der Waals surface area contributed by atoms with E-state index in [1.54, 1.807) is 24.5 Å². The normalized spacial score (nSPS) is 21.6. The number of imide groups is 1. The number of nitrogens with zero attached hydrogens (tertiary/aromatic N) is 2. The number of halogens is 1. The van der Waals surface area contributed by atoms with E-state index in [2.05, 4.69) is 15.6 Å². The summed E-state index contributed by atoms with van der Waals surface area (Å²) in [5.74, 6) is -2.87. The molecule has 2 aliphatic rings. The van der Waals surface area contributed by atoms with Crippen LogP contribution < -0.4 is 15.5 Å². The molecule has 0 bridgehead atoms. The lowest BCUT2D eigenvalue weighted by atomic mass is 9.84. The second kappa shape index (κ2) is 7.99. The summed E-state index contributed by atoms with van der Waals surface area (Å²) in [4.78, 5) is 54.8. The summed E-state index contributed by atoms with van der Waals surface area (Å²) in [6, 6.07) is 8.82. The van der Waals surface area contributed by atoms with E-state index in [4.69, 9.17) is 0 Å². The summed E-state index contributed by atoms with van der Waals surface area (Å²) < 4.78 is 14.4. The molecule has 8 nitrogen and oxygen atoms in total. The van der Waals surface area contributed by atoms with Gasteiger partial charge in [-0.05, 0) is 35.9 Å². The molecule has 11 heteroatoms. The topological polar surface area (TPSA) is 110 Å². The summed E-state index contributed by atoms with van der Waals surface area (Å²) in [7, 11) is 0. The maximum Gasteiger partial charge on any atom is 0.308 e. The van der Waals surface area contributed by atoms with Crippen molar-refractivity contribution >= 4 is 46.5 Å². The summed E-state index contributed by atoms with van der Waals surface area (Å²) in [6.45, 7) is -0.276. The number of carbonyl (C=O) groups excluding carboxylic acids is 3. The zero-order valence-electron chi connectivity index (χ0n) is 16.3. The van der Waals surface area contributed by atoms with Crippen molar-refractivity contribution in [3.63, 3.8) is 0 Å². The Morgan fingerprint density at radius 3 is 2.66 bits per heavy atom. The van der Waals surface area contributed by atoms with E-state index in [1.165, 1.54) is 28.8 Å². The SMILES string of the molecule is O=C(Cn1c2c(sc1=O)[C@@H](c1cccnc1)[C@H]1C(=O)NC(=O)[C@H]1S2)Nc1ccc(F)cc1. The largest absolute Gasteiger partial charge is 0.325 e. The van der Waals surface area contributed by atoms with E-state index >= 15 is 0 Å². The molecule has 0 aliphatic carbocycles. The van der Waals surface area contributed by atoms with Crippen LogP contribution in [0, 0.1) is 11.7 Å². The molecule has 0 saturated carbocycles. The van der Waals surface area contributed by atoms with E-state index < -0.39 is 34.7 Å². The first-order valence-electron chi connectivity index (χ1n) is 9.62. The molecule has 1 saturated heterocycles. The molecule has 2 aliphatic heterocycles. The van der Waals surface area contributed by atoms with Crippen molar-refractivity contribution in [1.82, 2.24) is 14.9 Å². The fraction of sp³-hybridized carbons (Fsp3) is 0.190. The third kappa shape index (κ3) is 3.53. The minimum absolute atomic E-state index is 0.276. The number of hydrogen-bond acceptors (Lipinski definition) is 7. The van der Waals surface area contributed by atoms with Crippen LogP contribution in [-0.4, -0.2) is 32.5 Å². The van der Waals surface area contributed by atoms with Gasteiger partial charge in [0.25, 0.3) is 0 Å². The number of carbonyl (C=O) groups is 3. The predicted octanol–water partition coefficient (Wildman–Crippen LogP) is 1.96. The fourth-order valence-electron chi connectivity index (χ4n) is 3.97. The van der Waals surface area contributed by atoms with Crippen molar-refractivity contribution in [1.29, 1.82) is 0 Å². The highest BCUT2D eigenvalue weighted by Crippen LogP contribution is 2.51. The van der Waals surface area contributed by atoms with Gasteiger partial charge in [0.05, 0.1) is 10.9 Å². The highest BCUT2D eigenvalue weighted by atomic mass is 32.2. The van der Waals surface area contributed by atoms with E-state index in [9.17, 15) is 23.6 Å². The van der Waals surface area contributed by atoms with Crippen molar-refractivity contribution in [3.8, 4) is 0 Å². The number of benzene rings is 1. The molecule has 4 heterocycles. The third-order valence-corrected chi connectivity index (χ3v) is 7.98. The van der Waals surface area contributed by atoms with Crippen LogP contribution in [0.1, 0.15) is 16.4 Å². The Hall–Kier alpha value is -3.31. The van der Waals surface area contributed by atoms with Gasteiger partial charge in [0, 0.05) is 28.9 Å². The van der Waals surface area contributed by atoms with Crippen LogP contribution in [-0.2, 0) is 20.9 Å². The number of thiazole rings is 1. The summed E-state index contributed by atoms with van der Waals surface area (Å²) in [6.07, 6.45) is 3.22. The molecule has 32 heavy (non-hydrogen) atoms. The lowest BCUT2D eigenvalue weighted by Crippen LogP contribution is -2.32. The molecule has 0 radical (unpaired) electrons. The minimum Gasteiger partial charge on any atom is -0.325 e. The molecule has 3 aromatic rings. The van der Waals surface area contributed by atoms with Gasteiger partial charge in [0.1, 0.15) is 17.6 Å². The molecule has 1 fully saturated rings. The van der Waals surface area contributed by atoms with Crippen molar-refractivity contribution in [2.45, 2.75) is 22.7 Å². The van der Waals surface area contributed by atoms with Gasteiger partial charge in [-0.2, -0.15) is 0 Å². The lowest BCUT2D eigenvalue weighted by Gasteiger charge is -2.30. The molecule has 0 spiro atoms. The van der Waals surface area contributed by atoms with Crippen LogP contribution in [0.4, 0.5) is 10.1 Å². The molecule has 5 rings (SSSR count). The highest BCUT2D eigenvalue weighted by Gasteiger charge is 2.52. The van der Waals surface area contributed by atoms with E-state index in [0.717, 1.165) is 28.7 Å². The van der Waals surface area contributed by atoms with Crippen molar-refractivity contribution in [2.24, 2.45) is 5.92 Å². The Morgan fingerprint density at radius 2 is 1.94 bits per heavy atom. The van der Waals surface area contributed by atoms with Gasteiger partial charge >= 0.3 is 4.87 Å². The zero-order chi connectivity index (χ0) is 22.4. The second-order valence-electron chi connectivity index (χ2n) is 7.36. The van der Waals surface area contributed by atoms with E-state index in [-0.39, 0.29) is 17.3 Å². The van der Waals surface area contributed by atoms with Gasteiger partial charge in [-0.1, -0.05) is 29.2 Å². The first-order valence-corrected chi connectivity index (χ1v) is 11.3. The average Bonchev–Trinajstić information content (AvgIpc) is 3.24. The van der Waals surface area contributed by atoms with E-state index in [0.29, 0.717) is 15.6 Å².